The van der Waals surface area contributed by atoms with Crippen molar-refractivity contribution in [1.82, 2.24) is 16.0 Å². The zero-order valence-corrected chi connectivity index (χ0v) is 21.0. The molecule has 1 rings (SSSR count). The average molecular weight is 477 g/mol. The van der Waals surface area contributed by atoms with E-state index in [0.717, 1.165) is 5.56 Å². The highest BCUT2D eigenvalue weighted by molar-refractivity contribution is 5.94. The Balaban J connectivity index is 2.92. The van der Waals surface area contributed by atoms with E-state index in [-0.39, 0.29) is 17.8 Å². The number of benzene rings is 1. The number of hydrogen-bond acceptors (Lipinski definition) is 5. The molecule has 4 unspecified atom stereocenters. The van der Waals surface area contributed by atoms with Crippen LogP contribution in [0.1, 0.15) is 53.5 Å². The van der Waals surface area contributed by atoms with Crippen LogP contribution in [-0.2, 0) is 25.6 Å². The van der Waals surface area contributed by atoms with E-state index >= 15 is 0 Å². The fraction of sp³-hybridized carbons (Fsp3) is 0.600. The smallest absolute Gasteiger partial charge is 0.326 e. The van der Waals surface area contributed by atoms with E-state index in [0.29, 0.717) is 12.8 Å². The summed E-state index contributed by atoms with van der Waals surface area (Å²) < 4.78 is 0. The minimum absolute atomic E-state index is 0.0600. The van der Waals surface area contributed by atoms with Gasteiger partial charge in [0.15, 0.2) is 0 Å². The van der Waals surface area contributed by atoms with Crippen LogP contribution in [0, 0.1) is 17.8 Å². The molecule has 0 aromatic heterocycles. The van der Waals surface area contributed by atoms with Gasteiger partial charge in [-0.3, -0.25) is 14.4 Å². The van der Waals surface area contributed by atoms with Crippen molar-refractivity contribution >= 4 is 23.7 Å². The number of rotatable bonds is 13. The first kappa shape index (κ1) is 29.1. The molecule has 9 nitrogen and oxygen atoms in total. The molecule has 0 radical (unpaired) electrons. The standard InChI is InChI=1S/C25H40N4O5/c1-14(2)12-19(23(31)29-21(16(5)6)25(33)34)27-24(32)20(15(3)4)28-22(30)18(26)13-17-10-8-7-9-11-17/h7-11,14-16,18-21H,12-13,26H2,1-6H3,(H,27,32)(H,28,30)(H,29,31)(H,33,34). The van der Waals surface area contributed by atoms with Crippen molar-refractivity contribution in [3.8, 4) is 0 Å². The molecule has 3 amide bonds. The van der Waals surface area contributed by atoms with Crippen LogP contribution >= 0.6 is 0 Å². The van der Waals surface area contributed by atoms with E-state index in [2.05, 4.69) is 16.0 Å². The predicted molar refractivity (Wildman–Crippen MR) is 131 cm³/mol. The van der Waals surface area contributed by atoms with Gasteiger partial charge in [0, 0.05) is 0 Å². The van der Waals surface area contributed by atoms with E-state index in [1.807, 2.05) is 44.2 Å². The molecule has 0 saturated heterocycles. The molecular weight excluding hydrogens is 436 g/mol. The summed E-state index contributed by atoms with van der Waals surface area (Å²) in [5.41, 5.74) is 6.97. The van der Waals surface area contributed by atoms with Crippen LogP contribution in [0.5, 0.6) is 0 Å². The van der Waals surface area contributed by atoms with Gasteiger partial charge in [0.25, 0.3) is 0 Å². The maximum absolute atomic E-state index is 13.1. The molecule has 4 atom stereocenters. The van der Waals surface area contributed by atoms with Gasteiger partial charge in [-0.05, 0) is 36.2 Å². The summed E-state index contributed by atoms with van der Waals surface area (Å²) in [5, 5.41) is 17.3. The molecule has 1 aromatic carbocycles. The van der Waals surface area contributed by atoms with E-state index in [9.17, 15) is 24.3 Å². The molecule has 0 aliphatic rings. The lowest BCUT2D eigenvalue weighted by Crippen LogP contribution is -2.59. The number of hydrogen-bond donors (Lipinski definition) is 5. The molecule has 34 heavy (non-hydrogen) atoms. The van der Waals surface area contributed by atoms with Crippen LogP contribution in [0.4, 0.5) is 0 Å². The van der Waals surface area contributed by atoms with Gasteiger partial charge in [0.1, 0.15) is 18.1 Å². The van der Waals surface area contributed by atoms with Crippen LogP contribution in [0.2, 0.25) is 0 Å². The van der Waals surface area contributed by atoms with E-state index in [1.54, 1.807) is 27.7 Å². The second kappa shape index (κ2) is 13.7. The lowest BCUT2D eigenvalue weighted by Gasteiger charge is -2.28. The Morgan fingerprint density at radius 1 is 0.794 bits per heavy atom. The third-order valence-corrected chi connectivity index (χ3v) is 5.45. The Bertz CT molecular complexity index is 826. The van der Waals surface area contributed by atoms with Crippen LogP contribution in [0.15, 0.2) is 30.3 Å². The summed E-state index contributed by atoms with van der Waals surface area (Å²) >= 11 is 0. The topological polar surface area (TPSA) is 151 Å². The second-order valence-corrected chi connectivity index (χ2v) is 9.79. The van der Waals surface area contributed by atoms with Gasteiger partial charge in [-0.1, -0.05) is 71.9 Å². The average Bonchev–Trinajstić information content (AvgIpc) is 2.74. The number of nitrogens with two attached hydrogens (primary N) is 1. The normalized spacial score (nSPS) is 14.9. The Labute approximate surface area is 202 Å². The first-order valence-electron chi connectivity index (χ1n) is 11.8. The van der Waals surface area contributed by atoms with Crippen LogP contribution < -0.4 is 21.7 Å². The molecular formula is C25H40N4O5. The molecule has 9 heteroatoms. The molecule has 6 N–H and O–H groups in total. The Morgan fingerprint density at radius 3 is 1.79 bits per heavy atom. The Hall–Kier alpha value is -2.94. The number of aliphatic carboxylic acids is 1. The van der Waals surface area contributed by atoms with Crippen LogP contribution in [0.25, 0.3) is 0 Å². The maximum atomic E-state index is 13.1. The minimum Gasteiger partial charge on any atom is -0.480 e. The predicted octanol–water partition coefficient (Wildman–Crippen LogP) is 1.45. The van der Waals surface area contributed by atoms with Crippen LogP contribution in [0.3, 0.4) is 0 Å². The van der Waals surface area contributed by atoms with Gasteiger partial charge in [-0.2, -0.15) is 0 Å². The Morgan fingerprint density at radius 2 is 1.32 bits per heavy atom. The minimum atomic E-state index is -1.14. The number of carbonyl (C=O) groups excluding carboxylic acids is 3. The summed E-state index contributed by atoms with van der Waals surface area (Å²) in [6.07, 6.45) is 0.636. The molecule has 0 fully saturated rings. The molecule has 190 valence electrons. The molecule has 0 aliphatic heterocycles. The van der Waals surface area contributed by atoms with E-state index in [4.69, 9.17) is 5.73 Å². The summed E-state index contributed by atoms with van der Waals surface area (Å²) in [6, 6.07) is 5.58. The van der Waals surface area contributed by atoms with Gasteiger partial charge in [0.2, 0.25) is 17.7 Å². The number of carbonyl (C=O) groups is 4. The lowest BCUT2D eigenvalue weighted by molar-refractivity contribution is -0.143. The summed E-state index contributed by atoms with van der Waals surface area (Å²) in [5.74, 6) is -3.23. The van der Waals surface area contributed by atoms with Gasteiger partial charge in [-0.25, -0.2) is 4.79 Å². The SMILES string of the molecule is CC(C)CC(NC(=O)C(NC(=O)C(N)Cc1ccccc1)C(C)C)C(=O)NC(C(=O)O)C(C)C. The third-order valence-electron chi connectivity index (χ3n) is 5.45. The maximum Gasteiger partial charge on any atom is 0.326 e. The second-order valence-electron chi connectivity index (χ2n) is 9.79. The fourth-order valence-electron chi connectivity index (χ4n) is 3.49. The number of amides is 3. The summed E-state index contributed by atoms with van der Waals surface area (Å²) in [4.78, 5) is 50.1. The summed E-state index contributed by atoms with van der Waals surface area (Å²) in [7, 11) is 0. The van der Waals surface area contributed by atoms with Crippen molar-refractivity contribution in [2.24, 2.45) is 23.5 Å². The molecule has 0 bridgehead atoms. The van der Waals surface area contributed by atoms with Gasteiger partial charge in [0.05, 0.1) is 6.04 Å². The zero-order chi connectivity index (χ0) is 26.0. The highest BCUT2D eigenvalue weighted by atomic mass is 16.4. The van der Waals surface area contributed by atoms with Crippen molar-refractivity contribution in [3.05, 3.63) is 35.9 Å². The number of carboxylic acids is 1. The fourth-order valence-corrected chi connectivity index (χ4v) is 3.49. The monoisotopic (exact) mass is 476 g/mol. The van der Waals surface area contributed by atoms with Crippen molar-refractivity contribution in [1.29, 1.82) is 0 Å². The van der Waals surface area contributed by atoms with Crippen molar-refractivity contribution < 1.29 is 24.3 Å². The highest BCUT2D eigenvalue weighted by Crippen LogP contribution is 2.10. The van der Waals surface area contributed by atoms with Crippen molar-refractivity contribution in [2.45, 2.75) is 78.6 Å². The summed E-state index contributed by atoms with van der Waals surface area (Å²) in [6.45, 7) is 10.7. The highest BCUT2D eigenvalue weighted by Gasteiger charge is 2.32. The number of carboxylic acid groups (broad SMARTS) is 1. The van der Waals surface area contributed by atoms with E-state index < -0.39 is 47.9 Å². The molecule has 0 spiro atoms. The molecule has 1 aromatic rings. The number of nitrogens with one attached hydrogen (secondary N) is 3. The molecule has 0 heterocycles. The Kier molecular flexibility index (Phi) is 11.7. The van der Waals surface area contributed by atoms with Crippen molar-refractivity contribution in [3.63, 3.8) is 0 Å². The zero-order valence-electron chi connectivity index (χ0n) is 21.0. The first-order chi connectivity index (χ1) is 15.8. The third kappa shape index (κ3) is 9.51. The largest absolute Gasteiger partial charge is 0.480 e. The van der Waals surface area contributed by atoms with E-state index in [1.165, 1.54) is 0 Å². The van der Waals surface area contributed by atoms with Crippen molar-refractivity contribution in [2.75, 3.05) is 0 Å². The lowest BCUT2D eigenvalue weighted by atomic mass is 9.98. The van der Waals surface area contributed by atoms with Gasteiger partial charge >= 0.3 is 5.97 Å². The molecule has 0 aliphatic carbocycles. The van der Waals surface area contributed by atoms with Gasteiger partial charge < -0.3 is 26.8 Å². The van der Waals surface area contributed by atoms with Crippen LogP contribution in [-0.4, -0.2) is 53.0 Å². The van der Waals surface area contributed by atoms with Gasteiger partial charge in [-0.15, -0.1) is 0 Å². The quantitative estimate of drug-likeness (QED) is 0.291. The molecule has 0 saturated carbocycles. The first-order valence-corrected chi connectivity index (χ1v) is 11.8.